The Kier molecular flexibility index (Phi) is 6.66. The summed E-state index contributed by atoms with van der Waals surface area (Å²) in [7, 11) is 1.62. The maximum absolute atomic E-state index is 12.6. The summed E-state index contributed by atoms with van der Waals surface area (Å²) in [6.45, 7) is 2.04. The van der Waals surface area contributed by atoms with E-state index in [1.807, 2.05) is 55.5 Å². The maximum Gasteiger partial charge on any atom is 0.255 e. The van der Waals surface area contributed by atoms with Crippen molar-refractivity contribution in [2.75, 3.05) is 18.2 Å². The molecule has 3 aromatic carbocycles. The lowest BCUT2D eigenvalue weighted by atomic mass is 10.2. The highest BCUT2D eigenvalue weighted by Gasteiger charge is 2.10. The number of carbonyl (C=O) groups excluding carboxylic acids is 1. The third-order valence-corrected chi connectivity index (χ3v) is 5.30. The highest BCUT2D eigenvalue weighted by Crippen LogP contribution is 2.24. The molecule has 0 bridgehead atoms. The van der Waals surface area contributed by atoms with Crippen molar-refractivity contribution in [2.45, 2.75) is 12.1 Å². The predicted molar refractivity (Wildman–Crippen MR) is 123 cm³/mol. The van der Waals surface area contributed by atoms with E-state index in [1.54, 1.807) is 47.8 Å². The number of thioether (sulfide) groups is 1. The number of rotatable bonds is 8. The quantitative estimate of drug-likeness (QED) is 0.387. The van der Waals surface area contributed by atoms with Crippen LogP contribution in [0.5, 0.6) is 17.2 Å². The Hall–Kier alpha value is -3.85. The highest BCUT2D eigenvalue weighted by molar-refractivity contribution is 7.99. The number of hydrogen-bond acceptors (Lipinski definition) is 7. The zero-order valence-electron chi connectivity index (χ0n) is 17.6. The molecule has 0 saturated heterocycles. The van der Waals surface area contributed by atoms with Crippen molar-refractivity contribution in [2.24, 2.45) is 0 Å². The lowest BCUT2D eigenvalue weighted by molar-refractivity contribution is 0.102. The van der Waals surface area contributed by atoms with Crippen molar-refractivity contribution in [3.8, 4) is 22.9 Å². The molecule has 0 radical (unpaired) electrons. The van der Waals surface area contributed by atoms with Gasteiger partial charge in [0, 0.05) is 11.3 Å². The second-order valence-electron chi connectivity index (χ2n) is 6.61. The number of hydrogen-bond donors (Lipinski definition) is 1. The van der Waals surface area contributed by atoms with Crippen molar-refractivity contribution < 1.29 is 14.3 Å². The fraction of sp³-hybridized carbons (Fsp3) is 0.130. The third kappa shape index (κ3) is 5.06. The Labute approximate surface area is 189 Å². The Bertz CT molecular complexity index is 1180. The van der Waals surface area contributed by atoms with Crippen molar-refractivity contribution in [1.82, 2.24) is 20.2 Å². The predicted octanol–water partition coefficient (Wildman–Crippen LogP) is 4.83. The van der Waals surface area contributed by atoms with Crippen molar-refractivity contribution >= 4 is 23.4 Å². The minimum Gasteiger partial charge on any atom is -0.497 e. The van der Waals surface area contributed by atoms with Crippen LogP contribution in [0, 0.1) is 0 Å². The van der Waals surface area contributed by atoms with Gasteiger partial charge >= 0.3 is 0 Å². The molecule has 0 fully saturated rings. The van der Waals surface area contributed by atoms with Gasteiger partial charge in [0.15, 0.2) is 0 Å². The number of tetrazole rings is 1. The normalized spacial score (nSPS) is 10.6. The number of ether oxygens (including phenoxy) is 2. The van der Waals surface area contributed by atoms with E-state index < -0.39 is 0 Å². The van der Waals surface area contributed by atoms with E-state index in [2.05, 4.69) is 20.8 Å². The van der Waals surface area contributed by atoms with E-state index in [-0.39, 0.29) is 5.91 Å². The van der Waals surface area contributed by atoms with E-state index in [9.17, 15) is 4.79 Å². The van der Waals surface area contributed by atoms with Crippen LogP contribution >= 0.6 is 11.8 Å². The smallest absolute Gasteiger partial charge is 0.255 e. The Morgan fingerprint density at radius 3 is 2.19 bits per heavy atom. The number of aromatic nitrogens is 4. The molecule has 0 aliphatic carbocycles. The van der Waals surface area contributed by atoms with Gasteiger partial charge in [-0.2, -0.15) is 4.68 Å². The first-order valence-corrected chi connectivity index (χ1v) is 10.9. The summed E-state index contributed by atoms with van der Waals surface area (Å²) < 4.78 is 12.6. The molecular formula is C23H21N5O3S. The Morgan fingerprint density at radius 1 is 0.938 bits per heavy atom. The molecule has 1 heterocycles. The zero-order chi connectivity index (χ0) is 22.3. The molecule has 0 unspecified atom stereocenters. The van der Waals surface area contributed by atoms with Gasteiger partial charge in [-0.15, -0.1) is 5.10 Å². The average Bonchev–Trinajstić information content (AvgIpc) is 3.29. The van der Waals surface area contributed by atoms with E-state index in [0.29, 0.717) is 22.7 Å². The molecular weight excluding hydrogens is 426 g/mol. The molecule has 1 aromatic heterocycles. The fourth-order valence-corrected chi connectivity index (χ4v) is 3.52. The topological polar surface area (TPSA) is 91.2 Å². The van der Waals surface area contributed by atoms with Crippen molar-refractivity contribution in [3.63, 3.8) is 0 Å². The first-order valence-electron chi connectivity index (χ1n) is 9.91. The van der Waals surface area contributed by atoms with Crippen LogP contribution in [0.3, 0.4) is 0 Å². The van der Waals surface area contributed by atoms with Crippen LogP contribution in [-0.2, 0) is 0 Å². The largest absolute Gasteiger partial charge is 0.497 e. The SMILES string of the molecule is CCSc1nnnn1-c1ccc(NC(=O)c2ccc(Oc3ccc(OC)cc3)cc2)cc1. The number of carbonyl (C=O) groups is 1. The fourth-order valence-electron chi connectivity index (χ4n) is 2.90. The molecule has 1 amide bonds. The highest BCUT2D eigenvalue weighted by atomic mass is 32.2. The van der Waals surface area contributed by atoms with E-state index in [4.69, 9.17) is 9.47 Å². The standard InChI is InChI=1S/C23H21N5O3S/c1-3-32-23-25-26-27-28(23)18-8-6-17(7-9-18)24-22(29)16-4-10-20(11-5-16)31-21-14-12-19(30-2)13-15-21/h4-15H,3H2,1-2H3,(H,24,29). The second-order valence-corrected chi connectivity index (χ2v) is 7.84. The van der Waals surface area contributed by atoms with Gasteiger partial charge in [0.25, 0.3) is 5.91 Å². The number of nitrogens with zero attached hydrogens (tertiary/aromatic N) is 4. The lowest BCUT2D eigenvalue weighted by Gasteiger charge is -2.09. The van der Waals surface area contributed by atoms with Crippen LogP contribution in [0.1, 0.15) is 17.3 Å². The summed E-state index contributed by atoms with van der Waals surface area (Å²) in [6, 6.07) is 21.6. The van der Waals surface area contributed by atoms with Crippen LogP contribution in [0.2, 0.25) is 0 Å². The van der Waals surface area contributed by atoms with Gasteiger partial charge in [-0.05, 0) is 89.0 Å². The summed E-state index contributed by atoms with van der Waals surface area (Å²) in [5.41, 5.74) is 2.03. The van der Waals surface area contributed by atoms with Gasteiger partial charge in [-0.25, -0.2) is 0 Å². The lowest BCUT2D eigenvalue weighted by Crippen LogP contribution is -2.11. The van der Waals surface area contributed by atoms with E-state index in [0.717, 1.165) is 22.3 Å². The van der Waals surface area contributed by atoms with Crippen LogP contribution in [0.25, 0.3) is 5.69 Å². The van der Waals surface area contributed by atoms with Crippen LogP contribution in [-0.4, -0.2) is 39.0 Å². The van der Waals surface area contributed by atoms with Gasteiger partial charge in [0.1, 0.15) is 17.2 Å². The molecule has 0 saturated carbocycles. The Balaban J connectivity index is 1.38. The molecule has 162 valence electrons. The summed E-state index contributed by atoms with van der Waals surface area (Å²) in [6.07, 6.45) is 0. The van der Waals surface area contributed by atoms with Crippen LogP contribution < -0.4 is 14.8 Å². The minimum absolute atomic E-state index is 0.210. The van der Waals surface area contributed by atoms with Crippen molar-refractivity contribution in [3.05, 3.63) is 78.4 Å². The molecule has 0 aliphatic rings. The average molecular weight is 448 g/mol. The van der Waals surface area contributed by atoms with Gasteiger partial charge in [0.05, 0.1) is 12.8 Å². The summed E-state index contributed by atoms with van der Waals surface area (Å²) in [5.74, 6) is 2.75. The third-order valence-electron chi connectivity index (χ3n) is 4.50. The van der Waals surface area contributed by atoms with E-state index >= 15 is 0 Å². The summed E-state index contributed by atoms with van der Waals surface area (Å²) in [5, 5.41) is 15.4. The number of nitrogens with one attached hydrogen (secondary N) is 1. The zero-order valence-corrected chi connectivity index (χ0v) is 18.4. The monoisotopic (exact) mass is 447 g/mol. The molecule has 0 atom stereocenters. The number of benzene rings is 3. The molecule has 8 nitrogen and oxygen atoms in total. The minimum atomic E-state index is -0.210. The van der Waals surface area contributed by atoms with Crippen molar-refractivity contribution in [1.29, 1.82) is 0 Å². The summed E-state index contributed by atoms with van der Waals surface area (Å²) >= 11 is 1.56. The molecule has 0 aliphatic heterocycles. The van der Waals surface area contributed by atoms with Gasteiger partial charge in [0.2, 0.25) is 5.16 Å². The number of amides is 1. The van der Waals surface area contributed by atoms with Gasteiger partial charge in [-0.3, -0.25) is 4.79 Å². The summed E-state index contributed by atoms with van der Waals surface area (Å²) in [4.78, 5) is 12.6. The van der Waals surface area contributed by atoms with Gasteiger partial charge in [-0.1, -0.05) is 18.7 Å². The maximum atomic E-state index is 12.6. The second kappa shape index (κ2) is 9.97. The van der Waals surface area contributed by atoms with E-state index in [1.165, 1.54) is 0 Å². The Morgan fingerprint density at radius 2 is 1.56 bits per heavy atom. The number of methoxy groups -OCH3 is 1. The van der Waals surface area contributed by atoms with Crippen LogP contribution in [0.4, 0.5) is 5.69 Å². The molecule has 0 spiro atoms. The van der Waals surface area contributed by atoms with Gasteiger partial charge < -0.3 is 14.8 Å². The number of anilines is 1. The first-order chi connectivity index (χ1) is 15.7. The molecule has 4 aromatic rings. The molecule has 32 heavy (non-hydrogen) atoms. The first kappa shape index (κ1) is 21.4. The molecule has 9 heteroatoms. The van der Waals surface area contributed by atoms with Crippen LogP contribution in [0.15, 0.2) is 78.0 Å². The molecule has 1 N–H and O–H groups in total. The molecule has 4 rings (SSSR count).